The average Bonchev–Trinajstić information content (AvgIpc) is 3.11. The van der Waals surface area contributed by atoms with Gasteiger partial charge in [-0.3, -0.25) is 5.10 Å². The Labute approximate surface area is 144 Å². The van der Waals surface area contributed by atoms with Crippen molar-refractivity contribution in [2.75, 3.05) is 5.32 Å². The number of alkyl halides is 3. The molecule has 0 saturated heterocycles. The van der Waals surface area contributed by atoms with Crippen molar-refractivity contribution in [3.05, 3.63) is 18.5 Å². The Balaban J connectivity index is 1.35. The van der Waals surface area contributed by atoms with Crippen molar-refractivity contribution in [3.63, 3.8) is 0 Å². The van der Waals surface area contributed by atoms with Crippen LogP contribution in [0.4, 0.5) is 24.8 Å². The molecule has 2 bridgehead atoms. The van der Waals surface area contributed by atoms with Gasteiger partial charge in [-0.15, -0.1) is 5.10 Å². The smallest absolute Gasteiger partial charge is 0.388 e. The number of ether oxygens (including phenoxy) is 1. The molecule has 0 unspecified atom stereocenters. The molecule has 3 aliphatic rings. The molecule has 11 heteroatoms. The number of halogens is 3. The maximum absolute atomic E-state index is 13.7. The summed E-state index contributed by atoms with van der Waals surface area (Å²) in [6, 6.07) is 1.29. The van der Waals surface area contributed by atoms with Crippen molar-refractivity contribution in [1.82, 2.24) is 29.9 Å². The molecule has 3 aromatic rings. The van der Waals surface area contributed by atoms with Gasteiger partial charge in [-0.25, -0.2) is 19.0 Å². The summed E-state index contributed by atoms with van der Waals surface area (Å²) >= 11 is 0. The van der Waals surface area contributed by atoms with Crippen LogP contribution in [-0.4, -0.2) is 42.2 Å². The minimum atomic E-state index is -2.95. The first-order chi connectivity index (χ1) is 12.4. The van der Waals surface area contributed by atoms with Crippen LogP contribution in [0.25, 0.3) is 11.2 Å². The van der Waals surface area contributed by atoms with Gasteiger partial charge >= 0.3 is 6.61 Å². The lowest BCUT2D eigenvalue weighted by molar-refractivity contribution is -0.220. The summed E-state index contributed by atoms with van der Waals surface area (Å²) in [6.07, 6.45) is 4.85. The zero-order valence-corrected chi connectivity index (χ0v) is 13.4. The van der Waals surface area contributed by atoms with E-state index in [2.05, 4.69) is 35.3 Å². The summed E-state index contributed by atoms with van der Waals surface area (Å²) in [5, 5.41) is 13.4. The van der Waals surface area contributed by atoms with E-state index in [1.165, 1.54) is 12.3 Å². The van der Waals surface area contributed by atoms with E-state index in [9.17, 15) is 13.2 Å². The second kappa shape index (κ2) is 5.08. The quantitative estimate of drug-likeness (QED) is 0.698. The van der Waals surface area contributed by atoms with Crippen LogP contribution >= 0.6 is 0 Å². The molecular formula is C15H14F3N7O. The summed E-state index contributed by atoms with van der Waals surface area (Å²) < 4.78 is 44.0. The fourth-order valence-corrected chi connectivity index (χ4v) is 4.03. The molecular weight excluding hydrogens is 351 g/mol. The van der Waals surface area contributed by atoms with Gasteiger partial charge < -0.3 is 10.1 Å². The summed E-state index contributed by atoms with van der Waals surface area (Å²) in [6.45, 7) is -2.34. The minimum Gasteiger partial charge on any atom is -0.415 e. The fraction of sp³-hybridized carbons (Fsp3) is 0.467. The first kappa shape index (κ1) is 15.4. The SMILES string of the molecule is FC(F)Oc1cc(Nc2cnc3cnn(CC45CC(F)(C4)C5)c3n2)[nH]n1. The van der Waals surface area contributed by atoms with Crippen molar-refractivity contribution in [2.45, 2.75) is 38.1 Å². The maximum atomic E-state index is 13.7. The Kier molecular flexibility index (Phi) is 3.01. The van der Waals surface area contributed by atoms with Crippen LogP contribution in [0, 0.1) is 5.41 Å². The molecule has 0 radical (unpaired) electrons. The molecule has 3 fully saturated rings. The third-order valence-electron chi connectivity index (χ3n) is 4.93. The van der Waals surface area contributed by atoms with Crippen LogP contribution in [0.5, 0.6) is 5.88 Å². The van der Waals surface area contributed by atoms with Crippen LogP contribution in [0.2, 0.25) is 0 Å². The van der Waals surface area contributed by atoms with Gasteiger partial charge in [0.05, 0.1) is 12.4 Å². The number of fused-ring (bicyclic) bond motifs is 1. The molecule has 3 aromatic heterocycles. The normalized spacial score (nSPS) is 26.6. The number of nitrogens with one attached hydrogen (secondary N) is 2. The summed E-state index contributed by atoms with van der Waals surface area (Å²) in [4.78, 5) is 8.76. The Bertz CT molecular complexity index is 965. The number of nitrogens with zero attached hydrogens (tertiary/aromatic N) is 5. The largest absolute Gasteiger partial charge is 0.415 e. The third kappa shape index (κ3) is 2.45. The van der Waals surface area contributed by atoms with E-state index in [1.807, 2.05) is 0 Å². The number of hydrogen-bond donors (Lipinski definition) is 2. The number of anilines is 2. The molecule has 0 aliphatic heterocycles. The highest BCUT2D eigenvalue weighted by Crippen LogP contribution is 2.70. The second-order valence-electron chi connectivity index (χ2n) is 7.07. The van der Waals surface area contributed by atoms with Crippen molar-refractivity contribution < 1.29 is 17.9 Å². The van der Waals surface area contributed by atoms with Crippen LogP contribution in [0.3, 0.4) is 0 Å². The number of rotatable bonds is 6. The third-order valence-corrected chi connectivity index (χ3v) is 4.93. The second-order valence-corrected chi connectivity index (χ2v) is 7.07. The Hall–Kier alpha value is -2.85. The topological polar surface area (TPSA) is 93.5 Å². The Morgan fingerprint density at radius 2 is 2.12 bits per heavy atom. The van der Waals surface area contributed by atoms with Crippen molar-refractivity contribution >= 4 is 22.8 Å². The van der Waals surface area contributed by atoms with Crippen molar-refractivity contribution in [2.24, 2.45) is 5.41 Å². The molecule has 26 heavy (non-hydrogen) atoms. The van der Waals surface area contributed by atoms with Gasteiger partial charge in [0.2, 0.25) is 5.88 Å². The van der Waals surface area contributed by atoms with E-state index in [4.69, 9.17) is 0 Å². The van der Waals surface area contributed by atoms with Gasteiger partial charge in [-0.1, -0.05) is 0 Å². The number of aromatic amines is 1. The highest BCUT2D eigenvalue weighted by atomic mass is 19.3. The first-order valence-corrected chi connectivity index (χ1v) is 8.07. The molecule has 3 saturated carbocycles. The van der Waals surface area contributed by atoms with Gasteiger partial charge in [-0.2, -0.15) is 13.9 Å². The van der Waals surface area contributed by atoms with Crippen LogP contribution in [-0.2, 0) is 6.54 Å². The summed E-state index contributed by atoms with van der Waals surface area (Å²) in [5.41, 5.74) is 0.239. The van der Waals surface area contributed by atoms with E-state index in [0.717, 1.165) is 0 Å². The fourth-order valence-electron chi connectivity index (χ4n) is 4.03. The highest BCUT2D eigenvalue weighted by Gasteiger charge is 2.69. The van der Waals surface area contributed by atoms with E-state index < -0.39 is 12.3 Å². The number of aromatic nitrogens is 6. The lowest BCUT2D eigenvalue weighted by Gasteiger charge is -2.65. The first-order valence-electron chi connectivity index (χ1n) is 8.07. The molecule has 136 valence electrons. The lowest BCUT2D eigenvalue weighted by atomic mass is 9.42. The molecule has 0 aromatic carbocycles. The van der Waals surface area contributed by atoms with E-state index in [1.54, 1.807) is 10.9 Å². The number of H-pyrrole nitrogens is 1. The van der Waals surface area contributed by atoms with Gasteiger partial charge in [0.25, 0.3) is 0 Å². The zero-order valence-electron chi connectivity index (χ0n) is 13.4. The summed E-state index contributed by atoms with van der Waals surface area (Å²) in [7, 11) is 0. The molecule has 3 aliphatic carbocycles. The van der Waals surface area contributed by atoms with Crippen molar-refractivity contribution in [1.29, 1.82) is 0 Å². The maximum Gasteiger partial charge on any atom is 0.388 e. The average molecular weight is 365 g/mol. The lowest BCUT2D eigenvalue weighted by Crippen LogP contribution is -2.65. The zero-order chi connectivity index (χ0) is 17.9. The minimum absolute atomic E-state index is 0.0102. The van der Waals surface area contributed by atoms with E-state index >= 15 is 0 Å². The standard InChI is InChI=1S/C15H14F3N7O/c16-13(17)26-11-1-9(23-24-11)21-10-3-19-8-2-20-25(12(8)22-10)7-14-4-15(18,5-14)6-14/h1-3,13H,4-7H2,(H2,21,22,23,24). The number of hydrogen-bond acceptors (Lipinski definition) is 6. The van der Waals surface area contributed by atoms with Gasteiger partial charge in [0.15, 0.2) is 11.5 Å². The van der Waals surface area contributed by atoms with Gasteiger partial charge in [0.1, 0.15) is 17.0 Å². The molecule has 8 nitrogen and oxygen atoms in total. The summed E-state index contributed by atoms with van der Waals surface area (Å²) in [5.74, 6) is 0.496. The van der Waals surface area contributed by atoms with E-state index in [0.29, 0.717) is 48.6 Å². The molecule has 0 spiro atoms. The molecule has 0 amide bonds. The van der Waals surface area contributed by atoms with E-state index in [-0.39, 0.29) is 11.3 Å². The molecule has 3 heterocycles. The van der Waals surface area contributed by atoms with Crippen LogP contribution in [0.15, 0.2) is 18.5 Å². The van der Waals surface area contributed by atoms with Gasteiger partial charge in [0, 0.05) is 12.6 Å². The van der Waals surface area contributed by atoms with Crippen LogP contribution in [0.1, 0.15) is 19.3 Å². The van der Waals surface area contributed by atoms with Crippen molar-refractivity contribution in [3.8, 4) is 5.88 Å². The molecule has 0 atom stereocenters. The Morgan fingerprint density at radius 1 is 1.31 bits per heavy atom. The predicted octanol–water partition coefficient (Wildman–Crippen LogP) is 2.79. The molecule has 6 rings (SSSR count). The van der Waals surface area contributed by atoms with Crippen LogP contribution < -0.4 is 10.1 Å². The van der Waals surface area contributed by atoms with Gasteiger partial charge in [-0.05, 0) is 24.7 Å². The molecule has 2 N–H and O–H groups in total. The highest BCUT2D eigenvalue weighted by molar-refractivity contribution is 5.72. The Morgan fingerprint density at radius 3 is 2.85 bits per heavy atom. The predicted molar refractivity (Wildman–Crippen MR) is 83.9 cm³/mol. The monoisotopic (exact) mass is 365 g/mol.